The van der Waals surface area contributed by atoms with E-state index in [-0.39, 0.29) is 6.42 Å². The molecule has 0 bridgehead atoms. The number of carboxylic acids is 1. The van der Waals surface area contributed by atoms with Crippen LogP contribution in [0.15, 0.2) is 6.20 Å². The summed E-state index contributed by atoms with van der Waals surface area (Å²) in [4.78, 5) is 16.9. The van der Waals surface area contributed by atoms with Gasteiger partial charge in [-0.1, -0.05) is 0 Å². The van der Waals surface area contributed by atoms with E-state index in [1.165, 1.54) is 4.88 Å². The van der Waals surface area contributed by atoms with Crippen LogP contribution >= 0.6 is 11.3 Å². The molecule has 0 unspecified atom stereocenters. The number of imidazole rings is 1. The van der Waals surface area contributed by atoms with Gasteiger partial charge in [-0.2, -0.15) is 0 Å². The van der Waals surface area contributed by atoms with Crippen molar-refractivity contribution >= 4 is 22.1 Å². The first-order valence-corrected chi connectivity index (χ1v) is 5.05. The lowest BCUT2D eigenvalue weighted by atomic mass is 10.4. The number of carbonyl (C=O) groups is 1. The molecule has 0 aliphatic heterocycles. The number of thiazole rings is 1. The monoisotopic (exact) mass is 210 g/mol. The van der Waals surface area contributed by atoms with Gasteiger partial charge in [0.25, 0.3) is 0 Å². The largest absolute Gasteiger partial charge is 0.481 e. The van der Waals surface area contributed by atoms with Crippen LogP contribution < -0.4 is 0 Å². The first-order valence-electron chi connectivity index (χ1n) is 4.23. The summed E-state index contributed by atoms with van der Waals surface area (Å²) in [5.74, 6) is -0.241. The number of aliphatic carboxylic acids is 1. The van der Waals surface area contributed by atoms with Crippen molar-refractivity contribution in [3.05, 3.63) is 22.6 Å². The van der Waals surface area contributed by atoms with Gasteiger partial charge in [-0.25, -0.2) is 4.98 Å². The van der Waals surface area contributed by atoms with E-state index >= 15 is 0 Å². The molecule has 5 heteroatoms. The molecule has 0 atom stereocenters. The Bertz CT molecular complexity index is 498. The molecule has 14 heavy (non-hydrogen) atoms. The van der Waals surface area contributed by atoms with E-state index in [1.807, 2.05) is 18.2 Å². The molecular formula is C9H10N2O2S. The number of fused-ring (bicyclic) bond motifs is 1. The molecule has 0 saturated carbocycles. The number of hydrogen-bond acceptors (Lipinski definition) is 3. The zero-order valence-electron chi connectivity index (χ0n) is 7.94. The van der Waals surface area contributed by atoms with Crippen molar-refractivity contribution in [2.24, 2.45) is 0 Å². The molecule has 0 aliphatic carbocycles. The van der Waals surface area contributed by atoms with Gasteiger partial charge in [-0.05, 0) is 13.8 Å². The highest BCUT2D eigenvalue weighted by atomic mass is 32.1. The quantitative estimate of drug-likeness (QED) is 0.819. The predicted octanol–water partition coefficient (Wildman–Crippen LogP) is 1.64. The second-order valence-corrected chi connectivity index (χ2v) is 4.40. The Kier molecular flexibility index (Phi) is 2.03. The molecule has 0 aromatic carbocycles. The number of carboxylic acid groups (broad SMARTS) is 1. The maximum absolute atomic E-state index is 10.6. The minimum absolute atomic E-state index is 0.0226. The maximum Gasteiger partial charge on any atom is 0.311 e. The Morgan fingerprint density at radius 2 is 2.36 bits per heavy atom. The minimum Gasteiger partial charge on any atom is -0.481 e. The Morgan fingerprint density at radius 3 is 3.00 bits per heavy atom. The number of aromatic nitrogens is 2. The van der Waals surface area contributed by atoms with Crippen LogP contribution in [0.25, 0.3) is 4.83 Å². The topological polar surface area (TPSA) is 54.6 Å². The summed E-state index contributed by atoms with van der Waals surface area (Å²) in [6.45, 7) is 4.00. The molecule has 2 aromatic rings. The number of rotatable bonds is 2. The molecular weight excluding hydrogens is 200 g/mol. The van der Waals surface area contributed by atoms with Crippen molar-refractivity contribution in [1.82, 2.24) is 9.38 Å². The van der Waals surface area contributed by atoms with Crippen LogP contribution in [0, 0.1) is 13.8 Å². The molecule has 0 aliphatic rings. The van der Waals surface area contributed by atoms with Gasteiger partial charge in [-0.15, -0.1) is 11.3 Å². The maximum atomic E-state index is 10.6. The number of aryl methyl sites for hydroxylation is 2. The van der Waals surface area contributed by atoms with Crippen molar-refractivity contribution in [2.75, 3.05) is 0 Å². The molecule has 2 heterocycles. The molecule has 0 saturated heterocycles. The molecule has 4 nitrogen and oxygen atoms in total. The first-order chi connectivity index (χ1) is 6.59. The fourth-order valence-electron chi connectivity index (χ4n) is 1.45. The third kappa shape index (κ3) is 1.29. The average molecular weight is 210 g/mol. The van der Waals surface area contributed by atoms with Crippen LogP contribution in [0.4, 0.5) is 0 Å². The normalized spacial score (nSPS) is 11.0. The van der Waals surface area contributed by atoms with Gasteiger partial charge in [-0.3, -0.25) is 9.20 Å². The lowest BCUT2D eigenvalue weighted by Crippen LogP contribution is -2.05. The van der Waals surface area contributed by atoms with E-state index in [0.717, 1.165) is 10.5 Å². The zero-order chi connectivity index (χ0) is 10.3. The summed E-state index contributed by atoms with van der Waals surface area (Å²) < 4.78 is 1.91. The van der Waals surface area contributed by atoms with Gasteiger partial charge in [0.2, 0.25) is 0 Å². The highest BCUT2D eigenvalue weighted by Gasteiger charge is 2.12. The number of hydrogen-bond donors (Lipinski definition) is 1. The summed E-state index contributed by atoms with van der Waals surface area (Å²) >= 11 is 1.63. The Morgan fingerprint density at radius 1 is 1.64 bits per heavy atom. The third-order valence-electron chi connectivity index (χ3n) is 2.21. The van der Waals surface area contributed by atoms with Crippen molar-refractivity contribution in [1.29, 1.82) is 0 Å². The zero-order valence-corrected chi connectivity index (χ0v) is 8.76. The van der Waals surface area contributed by atoms with Crippen LogP contribution in [-0.4, -0.2) is 20.5 Å². The highest BCUT2D eigenvalue weighted by molar-refractivity contribution is 7.17. The number of nitrogens with zero attached hydrogens (tertiary/aromatic N) is 2. The summed E-state index contributed by atoms with van der Waals surface area (Å²) in [7, 11) is 0. The standard InChI is InChI=1S/C9H10N2O2S/c1-5-6(2)14-8-4-10-7(11(5)8)3-9(12)13/h4H,3H2,1-2H3,(H,12,13). The molecule has 0 spiro atoms. The van der Waals surface area contributed by atoms with Crippen molar-refractivity contribution in [3.8, 4) is 0 Å². The molecule has 1 N–H and O–H groups in total. The van der Waals surface area contributed by atoms with Crippen molar-refractivity contribution in [2.45, 2.75) is 20.3 Å². The second-order valence-electron chi connectivity index (χ2n) is 3.16. The van der Waals surface area contributed by atoms with E-state index in [2.05, 4.69) is 4.98 Å². The molecule has 0 amide bonds. The molecule has 0 fully saturated rings. The summed E-state index contributed by atoms with van der Waals surface area (Å²) in [5, 5.41) is 8.69. The van der Waals surface area contributed by atoms with Crippen molar-refractivity contribution < 1.29 is 9.90 Å². The first kappa shape index (κ1) is 9.21. The van der Waals surface area contributed by atoms with E-state index < -0.39 is 5.97 Å². The smallest absolute Gasteiger partial charge is 0.311 e. The lowest BCUT2D eigenvalue weighted by molar-refractivity contribution is -0.136. The van der Waals surface area contributed by atoms with Gasteiger partial charge >= 0.3 is 5.97 Å². The fraction of sp³-hybridized carbons (Fsp3) is 0.333. The van der Waals surface area contributed by atoms with Gasteiger partial charge in [0, 0.05) is 10.6 Å². The predicted molar refractivity (Wildman–Crippen MR) is 53.9 cm³/mol. The summed E-state index contributed by atoms with van der Waals surface area (Å²) in [6, 6.07) is 0. The molecule has 0 radical (unpaired) electrons. The fourth-order valence-corrected chi connectivity index (χ4v) is 2.44. The van der Waals surface area contributed by atoms with Crippen LogP contribution in [0.2, 0.25) is 0 Å². The molecule has 74 valence electrons. The van der Waals surface area contributed by atoms with E-state index in [0.29, 0.717) is 5.82 Å². The average Bonchev–Trinajstić information content (AvgIpc) is 2.57. The van der Waals surface area contributed by atoms with Gasteiger partial charge < -0.3 is 5.11 Å². The van der Waals surface area contributed by atoms with Gasteiger partial charge in [0.15, 0.2) is 0 Å². The van der Waals surface area contributed by atoms with Crippen LogP contribution in [0.1, 0.15) is 16.4 Å². The van der Waals surface area contributed by atoms with Crippen molar-refractivity contribution in [3.63, 3.8) is 0 Å². The van der Waals surface area contributed by atoms with Gasteiger partial charge in [0.05, 0.1) is 6.20 Å². The summed E-state index contributed by atoms with van der Waals surface area (Å²) in [5.41, 5.74) is 1.08. The third-order valence-corrected chi connectivity index (χ3v) is 3.31. The minimum atomic E-state index is -0.847. The molecule has 2 rings (SSSR count). The van der Waals surface area contributed by atoms with Crippen LogP contribution in [-0.2, 0) is 11.2 Å². The molecule has 2 aromatic heterocycles. The lowest BCUT2D eigenvalue weighted by Gasteiger charge is -1.96. The SMILES string of the molecule is Cc1sc2cnc(CC(=O)O)n2c1C. The van der Waals surface area contributed by atoms with E-state index in [1.54, 1.807) is 17.5 Å². The second kappa shape index (κ2) is 3.09. The van der Waals surface area contributed by atoms with E-state index in [4.69, 9.17) is 5.11 Å². The summed E-state index contributed by atoms with van der Waals surface area (Å²) in [6.07, 6.45) is 1.70. The van der Waals surface area contributed by atoms with Gasteiger partial charge in [0.1, 0.15) is 17.1 Å². The Labute approximate surface area is 84.8 Å². The van der Waals surface area contributed by atoms with Crippen LogP contribution in [0.5, 0.6) is 0 Å². The Balaban J connectivity index is 2.60. The Hall–Kier alpha value is -1.36. The van der Waals surface area contributed by atoms with E-state index in [9.17, 15) is 4.79 Å². The highest BCUT2D eigenvalue weighted by Crippen LogP contribution is 2.23. The van der Waals surface area contributed by atoms with Crippen LogP contribution in [0.3, 0.4) is 0 Å².